The Bertz CT molecular complexity index is 754. The smallest absolute Gasteiger partial charge is 0.165 e. The highest BCUT2D eigenvalue weighted by atomic mass is 16.5. The van der Waals surface area contributed by atoms with Gasteiger partial charge in [-0.2, -0.15) is 0 Å². The third-order valence-electron chi connectivity index (χ3n) is 4.83. The topological polar surface area (TPSA) is 36.9 Å². The van der Waals surface area contributed by atoms with Crippen LogP contribution in [-0.2, 0) is 6.42 Å². The molecule has 1 aliphatic heterocycles. The molecule has 4 heteroatoms. The molecule has 0 saturated heterocycles. The Labute approximate surface area is 149 Å². The molecule has 0 bridgehead atoms. The normalized spacial score (nSPS) is 18.4. The summed E-state index contributed by atoms with van der Waals surface area (Å²) in [5, 5.41) is 0. The lowest BCUT2D eigenvalue weighted by Gasteiger charge is -2.18. The van der Waals surface area contributed by atoms with Crippen molar-refractivity contribution in [3.8, 4) is 23.0 Å². The van der Waals surface area contributed by atoms with Crippen LogP contribution in [0.15, 0.2) is 30.3 Å². The molecular formula is C21H26O4. The fourth-order valence-electron chi connectivity index (χ4n) is 3.51. The van der Waals surface area contributed by atoms with E-state index in [2.05, 4.69) is 26.0 Å². The zero-order valence-electron chi connectivity index (χ0n) is 15.6. The minimum absolute atomic E-state index is 0.0689. The highest BCUT2D eigenvalue weighted by molar-refractivity contribution is 5.55. The zero-order valence-corrected chi connectivity index (χ0v) is 15.6. The largest absolute Gasteiger partial charge is 0.493 e. The Morgan fingerprint density at radius 1 is 0.920 bits per heavy atom. The van der Waals surface area contributed by atoms with E-state index in [4.69, 9.17) is 18.9 Å². The fourth-order valence-corrected chi connectivity index (χ4v) is 3.51. The van der Waals surface area contributed by atoms with Gasteiger partial charge in [-0.1, -0.05) is 32.4 Å². The van der Waals surface area contributed by atoms with Crippen LogP contribution < -0.4 is 18.9 Å². The zero-order chi connectivity index (χ0) is 18.0. The second-order valence-electron chi connectivity index (χ2n) is 6.41. The lowest BCUT2D eigenvalue weighted by Crippen LogP contribution is -2.07. The standard InChI is InChI=1S/C21H26O4/c1-6-7-14-10-16-13(2)20(25-21(16)19(11-14)24-5)15-8-9-17(22-3)18(12-15)23-4/h8-13,20H,6-7H2,1-5H3/t13-,20-/m0/s1. The van der Waals surface area contributed by atoms with Gasteiger partial charge >= 0.3 is 0 Å². The van der Waals surface area contributed by atoms with E-state index < -0.39 is 0 Å². The Morgan fingerprint density at radius 3 is 2.28 bits per heavy atom. The van der Waals surface area contributed by atoms with E-state index in [1.807, 2.05) is 18.2 Å². The van der Waals surface area contributed by atoms with Crippen molar-refractivity contribution in [1.29, 1.82) is 0 Å². The van der Waals surface area contributed by atoms with E-state index >= 15 is 0 Å². The van der Waals surface area contributed by atoms with Gasteiger partial charge in [0.1, 0.15) is 6.10 Å². The molecule has 2 aromatic rings. The second kappa shape index (κ2) is 7.26. The van der Waals surface area contributed by atoms with Crippen LogP contribution in [-0.4, -0.2) is 21.3 Å². The Balaban J connectivity index is 1.98. The number of fused-ring (bicyclic) bond motifs is 1. The summed E-state index contributed by atoms with van der Waals surface area (Å²) < 4.78 is 22.7. The summed E-state index contributed by atoms with van der Waals surface area (Å²) in [7, 11) is 4.99. The summed E-state index contributed by atoms with van der Waals surface area (Å²) >= 11 is 0. The van der Waals surface area contributed by atoms with Crippen molar-refractivity contribution < 1.29 is 18.9 Å². The van der Waals surface area contributed by atoms with Gasteiger partial charge < -0.3 is 18.9 Å². The van der Waals surface area contributed by atoms with Crippen molar-refractivity contribution in [2.45, 2.75) is 38.7 Å². The summed E-state index contributed by atoms with van der Waals surface area (Å²) in [5.41, 5.74) is 3.57. The third-order valence-corrected chi connectivity index (χ3v) is 4.83. The van der Waals surface area contributed by atoms with Crippen molar-refractivity contribution in [1.82, 2.24) is 0 Å². The van der Waals surface area contributed by atoms with E-state index in [1.54, 1.807) is 21.3 Å². The van der Waals surface area contributed by atoms with E-state index in [-0.39, 0.29) is 12.0 Å². The van der Waals surface area contributed by atoms with Crippen molar-refractivity contribution in [2.75, 3.05) is 21.3 Å². The van der Waals surface area contributed by atoms with Gasteiger partial charge in [-0.3, -0.25) is 0 Å². The lowest BCUT2D eigenvalue weighted by atomic mass is 9.91. The molecule has 2 atom stereocenters. The highest BCUT2D eigenvalue weighted by Crippen LogP contribution is 2.51. The predicted octanol–water partition coefficient (Wildman–Crippen LogP) is 4.90. The Morgan fingerprint density at radius 2 is 1.64 bits per heavy atom. The number of benzene rings is 2. The van der Waals surface area contributed by atoms with E-state index in [0.717, 1.165) is 35.7 Å². The minimum Gasteiger partial charge on any atom is -0.493 e. The molecule has 4 nitrogen and oxygen atoms in total. The van der Waals surface area contributed by atoms with Crippen LogP contribution in [0.4, 0.5) is 0 Å². The van der Waals surface area contributed by atoms with Gasteiger partial charge in [-0.25, -0.2) is 0 Å². The maximum Gasteiger partial charge on any atom is 0.165 e. The molecule has 1 aliphatic rings. The molecule has 25 heavy (non-hydrogen) atoms. The quantitative estimate of drug-likeness (QED) is 0.748. The fraction of sp³-hybridized carbons (Fsp3) is 0.429. The number of hydrogen-bond donors (Lipinski definition) is 0. The highest BCUT2D eigenvalue weighted by Gasteiger charge is 2.35. The van der Waals surface area contributed by atoms with Crippen molar-refractivity contribution in [3.63, 3.8) is 0 Å². The first-order valence-electron chi connectivity index (χ1n) is 8.72. The predicted molar refractivity (Wildman–Crippen MR) is 98.3 cm³/mol. The first kappa shape index (κ1) is 17.5. The molecule has 3 rings (SSSR count). The van der Waals surface area contributed by atoms with Gasteiger partial charge in [0.05, 0.1) is 21.3 Å². The minimum atomic E-state index is -0.0689. The Hall–Kier alpha value is -2.36. The third kappa shape index (κ3) is 3.13. The molecule has 0 spiro atoms. The molecule has 0 N–H and O–H groups in total. The summed E-state index contributed by atoms with van der Waals surface area (Å²) in [6.07, 6.45) is 2.08. The van der Waals surface area contributed by atoms with Crippen LogP contribution in [0.1, 0.15) is 49.0 Å². The van der Waals surface area contributed by atoms with Gasteiger partial charge in [0.2, 0.25) is 0 Å². The summed E-state index contributed by atoms with van der Waals surface area (Å²) in [4.78, 5) is 0. The van der Waals surface area contributed by atoms with E-state index in [9.17, 15) is 0 Å². The average molecular weight is 342 g/mol. The summed E-state index contributed by atoms with van der Waals surface area (Å²) in [6.45, 7) is 4.38. The number of hydrogen-bond acceptors (Lipinski definition) is 4. The van der Waals surface area contributed by atoms with Gasteiger partial charge in [-0.15, -0.1) is 0 Å². The first-order chi connectivity index (χ1) is 12.1. The molecule has 134 valence electrons. The van der Waals surface area contributed by atoms with Gasteiger partial charge in [0.25, 0.3) is 0 Å². The Kier molecular flexibility index (Phi) is 5.07. The molecule has 0 amide bonds. The molecule has 0 saturated carbocycles. The maximum atomic E-state index is 6.31. The molecule has 1 heterocycles. The number of ether oxygens (including phenoxy) is 4. The monoisotopic (exact) mass is 342 g/mol. The van der Waals surface area contributed by atoms with Gasteiger partial charge in [-0.05, 0) is 35.7 Å². The molecule has 0 unspecified atom stereocenters. The average Bonchev–Trinajstić information content (AvgIpc) is 2.97. The lowest BCUT2D eigenvalue weighted by molar-refractivity contribution is 0.207. The van der Waals surface area contributed by atoms with Gasteiger partial charge in [0.15, 0.2) is 23.0 Å². The van der Waals surface area contributed by atoms with Crippen LogP contribution >= 0.6 is 0 Å². The molecule has 0 fully saturated rings. The molecule has 0 aromatic heterocycles. The number of rotatable bonds is 6. The van der Waals surface area contributed by atoms with E-state index in [0.29, 0.717) is 5.75 Å². The van der Waals surface area contributed by atoms with Crippen molar-refractivity contribution in [3.05, 3.63) is 47.0 Å². The van der Waals surface area contributed by atoms with Crippen LogP contribution in [0.2, 0.25) is 0 Å². The first-order valence-corrected chi connectivity index (χ1v) is 8.72. The number of methoxy groups -OCH3 is 3. The van der Waals surface area contributed by atoms with Crippen molar-refractivity contribution in [2.24, 2.45) is 0 Å². The van der Waals surface area contributed by atoms with E-state index in [1.165, 1.54) is 11.1 Å². The summed E-state index contributed by atoms with van der Waals surface area (Å²) in [6, 6.07) is 10.3. The van der Waals surface area contributed by atoms with Crippen LogP contribution in [0, 0.1) is 0 Å². The maximum absolute atomic E-state index is 6.31. The molecule has 0 radical (unpaired) electrons. The summed E-state index contributed by atoms with van der Waals surface area (Å²) in [5.74, 6) is 3.34. The number of aryl methyl sites for hydroxylation is 1. The van der Waals surface area contributed by atoms with Crippen molar-refractivity contribution >= 4 is 0 Å². The molecular weight excluding hydrogens is 316 g/mol. The van der Waals surface area contributed by atoms with Crippen LogP contribution in [0.25, 0.3) is 0 Å². The second-order valence-corrected chi connectivity index (χ2v) is 6.41. The molecule has 0 aliphatic carbocycles. The van der Waals surface area contributed by atoms with Crippen LogP contribution in [0.5, 0.6) is 23.0 Å². The van der Waals surface area contributed by atoms with Gasteiger partial charge in [0, 0.05) is 11.5 Å². The van der Waals surface area contributed by atoms with Crippen LogP contribution in [0.3, 0.4) is 0 Å². The molecule has 2 aromatic carbocycles. The SMILES string of the molecule is CCCc1cc(OC)c2c(c1)[C@H](C)[C@@H](c1ccc(OC)c(OC)c1)O2.